The van der Waals surface area contributed by atoms with Gasteiger partial charge >= 0.3 is 0 Å². The van der Waals surface area contributed by atoms with Crippen LogP contribution in [0.25, 0.3) is 0 Å². The minimum atomic E-state index is -0.0175. The minimum Gasteiger partial charge on any atom is -0.506 e. The lowest BCUT2D eigenvalue weighted by molar-refractivity contribution is 0.442. The fourth-order valence-electron chi connectivity index (χ4n) is 3.46. The standard InChI is InChI=1S/C15H20ClNO/c1-9(17)15(6-7-15)13-11-5-3-2-4-10(11)8-12(16)14(13)18/h8-9,18H,2-7,17H2,1H3. The lowest BCUT2D eigenvalue weighted by Crippen LogP contribution is -2.33. The van der Waals surface area contributed by atoms with Gasteiger partial charge in [-0.25, -0.2) is 0 Å². The Kier molecular flexibility index (Phi) is 2.83. The van der Waals surface area contributed by atoms with Gasteiger partial charge in [0.15, 0.2) is 0 Å². The molecule has 0 saturated heterocycles. The predicted octanol–water partition coefficient (Wildman–Crippen LogP) is 3.30. The fourth-order valence-corrected chi connectivity index (χ4v) is 3.69. The van der Waals surface area contributed by atoms with Crippen molar-refractivity contribution in [1.82, 2.24) is 0 Å². The zero-order valence-corrected chi connectivity index (χ0v) is 11.6. The van der Waals surface area contributed by atoms with Crippen LogP contribution in [0.15, 0.2) is 6.07 Å². The number of halogens is 1. The smallest absolute Gasteiger partial charge is 0.138 e. The molecule has 2 aliphatic rings. The summed E-state index contributed by atoms with van der Waals surface area (Å²) >= 11 is 6.20. The van der Waals surface area contributed by atoms with Gasteiger partial charge in [0.25, 0.3) is 0 Å². The van der Waals surface area contributed by atoms with Gasteiger partial charge in [-0.2, -0.15) is 0 Å². The third-order valence-electron chi connectivity index (χ3n) is 4.73. The first-order valence-corrected chi connectivity index (χ1v) is 7.23. The molecule has 0 aliphatic heterocycles. The van der Waals surface area contributed by atoms with Crippen LogP contribution in [0.2, 0.25) is 5.02 Å². The van der Waals surface area contributed by atoms with E-state index in [1.807, 2.05) is 13.0 Å². The van der Waals surface area contributed by atoms with Crippen molar-refractivity contribution in [3.63, 3.8) is 0 Å². The van der Waals surface area contributed by atoms with Crippen molar-refractivity contribution in [2.75, 3.05) is 0 Å². The second-order valence-corrected chi connectivity index (χ2v) is 6.28. The van der Waals surface area contributed by atoms with Crippen molar-refractivity contribution in [3.05, 3.63) is 27.8 Å². The monoisotopic (exact) mass is 265 g/mol. The molecule has 3 N–H and O–H groups in total. The molecule has 98 valence electrons. The van der Waals surface area contributed by atoms with Crippen LogP contribution >= 0.6 is 11.6 Å². The number of phenols is 1. The number of aromatic hydroxyl groups is 1. The molecule has 1 atom stereocenters. The maximum absolute atomic E-state index is 10.4. The van der Waals surface area contributed by atoms with Crippen molar-refractivity contribution in [3.8, 4) is 5.75 Å². The normalized spacial score (nSPS) is 22.4. The second kappa shape index (κ2) is 4.14. The van der Waals surface area contributed by atoms with E-state index >= 15 is 0 Å². The summed E-state index contributed by atoms with van der Waals surface area (Å²) in [6.07, 6.45) is 6.71. The van der Waals surface area contributed by atoms with Gasteiger partial charge in [0.2, 0.25) is 0 Å². The first-order chi connectivity index (χ1) is 8.56. The Morgan fingerprint density at radius 2 is 2.00 bits per heavy atom. The maximum atomic E-state index is 10.4. The molecule has 0 spiro atoms. The van der Waals surface area contributed by atoms with Crippen molar-refractivity contribution in [2.45, 2.75) is 56.9 Å². The Morgan fingerprint density at radius 1 is 1.33 bits per heavy atom. The molecule has 1 fully saturated rings. The van der Waals surface area contributed by atoms with Crippen molar-refractivity contribution < 1.29 is 5.11 Å². The summed E-state index contributed by atoms with van der Waals surface area (Å²) in [6.45, 7) is 2.04. The summed E-state index contributed by atoms with van der Waals surface area (Å²) in [5, 5.41) is 10.9. The molecule has 1 saturated carbocycles. The highest BCUT2D eigenvalue weighted by Crippen LogP contribution is 2.56. The molecule has 0 bridgehead atoms. The Labute approximate surface area is 113 Å². The van der Waals surface area contributed by atoms with Crippen LogP contribution in [0.3, 0.4) is 0 Å². The van der Waals surface area contributed by atoms with Crippen molar-refractivity contribution in [1.29, 1.82) is 0 Å². The molecule has 3 rings (SSSR count). The summed E-state index contributed by atoms with van der Waals surface area (Å²) < 4.78 is 0. The summed E-state index contributed by atoms with van der Waals surface area (Å²) in [5.41, 5.74) is 9.87. The van der Waals surface area contributed by atoms with E-state index in [0.717, 1.165) is 31.2 Å². The summed E-state index contributed by atoms with van der Waals surface area (Å²) in [5.74, 6) is 0.284. The SMILES string of the molecule is CC(N)C1(c2c(O)c(Cl)cc3c2CCCC3)CC1. The lowest BCUT2D eigenvalue weighted by Gasteiger charge is -2.28. The van der Waals surface area contributed by atoms with Crippen LogP contribution in [-0.2, 0) is 18.3 Å². The molecule has 0 radical (unpaired) electrons. The van der Waals surface area contributed by atoms with E-state index < -0.39 is 0 Å². The summed E-state index contributed by atoms with van der Waals surface area (Å²) in [6, 6.07) is 2.03. The van der Waals surface area contributed by atoms with Gasteiger partial charge in [-0.3, -0.25) is 0 Å². The quantitative estimate of drug-likeness (QED) is 0.862. The lowest BCUT2D eigenvalue weighted by atomic mass is 9.79. The molecule has 0 heterocycles. The number of aryl methyl sites for hydroxylation is 1. The molecule has 3 heteroatoms. The number of benzene rings is 1. The molecular formula is C15H20ClNO. The van der Waals surface area contributed by atoms with Crippen molar-refractivity contribution >= 4 is 11.6 Å². The molecular weight excluding hydrogens is 246 g/mol. The highest BCUT2D eigenvalue weighted by Gasteiger charge is 2.50. The van der Waals surface area contributed by atoms with E-state index in [4.69, 9.17) is 17.3 Å². The minimum absolute atomic E-state index is 0.0175. The molecule has 1 aromatic rings. The number of rotatable bonds is 2. The first-order valence-electron chi connectivity index (χ1n) is 6.85. The highest BCUT2D eigenvalue weighted by molar-refractivity contribution is 6.32. The van der Waals surface area contributed by atoms with Gasteiger partial charge in [-0.15, -0.1) is 0 Å². The van der Waals surface area contributed by atoms with Gasteiger partial charge < -0.3 is 10.8 Å². The van der Waals surface area contributed by atoms with Gasteiger partial charge in [0.05, 0.1) is 5.02 Å². The Hall–Kier alpha value is -0.730. The highest BCUT2D eigenvalue weighted by atomic mass is 35.5. The molecule has 18 heavy (non-hydrogen) atoms. The number of fused-ring (bicyclic) bond motifs is 1. The van der Waals surface area contributed by atoms with Crippen LogP contribution in [0.4, 0.5) is 0 Å². The third-order valence-corrected chi connectivity index (χ3v) is 5.02. The number of phenolic OH excluding ortho intramolecular Hbond substituents is 1. The van der Waals surface area contributed by atoms with Crippen LogP contribution in [0.5, 0.6) is 5.75 Å². The fraction of sp³-hybridized carbons (Fsp3) is 0.600. The van der Waals surface area contributed by atoms with Crippen LogP contribution < -0.4 is 5.73 Å². The van der Waals surface area contributed by atoms with E-state index in [1.54, 1.807) is 0 Å². The van der Waals surface area contributed by atoms with Crippen molar-refractivity contribution in [2.24, 2.45) is 5.73 Å². The molecule has 0 aromatic heterocycles. The van der Waals surface area contributed by atoms with Gasteiger partial charge in [0.1, 0.15) is 5.75 Å². The first kappa shape index (κ1) is 12.3. The summed E-state index contributed by atoms with van der Waals surface area (Å²) in [4.78, 5) is 0. The molecule has 1 aromatic carbocycles. The molecule has 2 nitrogen and oxygen atoms in total. The molecule has 2 aliphatic carbocycles. The van der Waals surface area contributed by atoms with Crippen LogP contribution in [0, 0.1) is 0 Å². The average Bonchev–Trinajstić information content (AvgIpc) is 3.12. The summed E-state index contributed by atoms with van der Waals surface area (Å²) in [7, 11) is 0. The Balaban J connectivity index is 2.21. The van der Waals surface area contributed by atoms with E-state index in [1.165, 1.54) is 24.0 Å². The molecule has 1 unspecified atom stereocenters. The van der Waals surface area contributed by atoms with E-state index in [-0.39, 0.29) is 17.2 Å². The maximum Gasteiger partial charge on any atom is 0.138 e. The van der Waals surface area contributed by atoms with Crippen LogP contribution in [0.1, 0.15) is 49.3 Å². The second-order valence-electron chi connectivity index (χ2n) is 5.87. The van der Waals surface area contributed by atoms with E-state index in [0.29, 0.717) is 5.02 Å². The van der Waals surface area contributed by atoms with Gasteiger partial charge in [0, 0.05) is 17.0 Å². The van der Waals surface area contributed by atoms with Gasteiger partial charge in [-0.1, -0.05) is 11.6 Å². The molecule has 0 amide bonds. The van der Waals surface area contributed by atoms with Gasteiger partial charge in [-0.05, 0) is 62.6 Å². The Morgan fingerprint density at radius 3 is 2.61 bits per heavy atom. The zero-order valence-electron chi connectivity index (χ0n) is 10.8. The van der Waals surface area contributed by atoms with E-state index in [9.17, 15) is 5.11 Å². The predicted molar refractivity (Wildman–Crippen MR) is 74.3 cm³/mol. The van der Waals surface area contributed by atoms with E-state index in [2.05, 4.69) is 0 Å². The average molecular weight is 266 g/mol. The largest absolute Gasteiger partial charge is 0.506 e. The number of hydrogen-bond acceptors (Lipinski definition) is 2. The number of nitrogens with two attached hydrogens (primary N) is 1. The van der Waals surface area contributed by atoms with Crippen LogP contribution in [-0.4, -0.2) is 11.1 Å². The third kappa shape index (κ3) is 1.66. The topological polar surface area (TPSA) is 46.2 Å². The Bertz CT molecular complexity index is 492. The zero-order chi connectivity index (χ0) is 12.9. The number of hydrogen-bond donors (Lipinski definition) is 2.